The lowest BCUT2D eigenvalue weighted by Gasteiger charge is -2.42. The van der Waals surface area contributed by atoms with Crippen molar-refractivity contribution in [2.45, 2.75) is 19.4 Å². The van der Waals surface area contributed by atoms with Gasteiger partial charge in [-0.1, -0.05) is 0 Å². The molecule has 2 aromatic rings. The molecule has 2 saturated heterocycles. The monoisotopic (exact) mass is 327 g/mol. The third-order valence-electron chi connectivity index (χ3n) is 5.25. The van der Waals surface area contributed by atoms with Crippen molar-refractivity contribution < 1.29 is 4.74 Å². The van der Waals surface area contributed by atoms with E-state index in [0.29, 0.717) is 0 Å². The molecule has 1 spiro atoms. The van der Waals surface area contributed by atoms with E-state index in [0.717, 1.165) is 64.7 Å². The Bertz CT molecular complexity index is 622. The van der Waals surface area contributed by atoms with Crippen molar-refractivity contribution in [3.05, 3.63) is 42.5 Å². The molecule has 128 valence electrons. The molecule has 0 atom stereocenters. The van der Waals surface area contributed by atoms with E-state index in [2.05, 4.69) is 36.9 Å². The summed E-state index contributed by atoms with van der Waals surface area (Å²) in [7, 11) is 0. The van der Waals surface area contributed by atoms with Crippen LogP contribution in [-0.4, -0.2) is 59.2 Å². The number of nitrogens with one attached hydrogen (secondary N) is 1. The third kappa shape index (κ3) is 3.44. The van der Waals surface area contributed by atoms with Gasteiger partial charge >= 0.3 is 0 Å². The predicted molar refractivity (Wildman–Crippen MR) is 92.8 cm³/mol. The first-order chi connectivity index (χ1) is 11.8. The maximum atomic E-state index is 5.96. The Kier molecular flexibility index (Phi) is 4.49. The summed E-state index contributed by atoms with van der Waals surface area (Å²) in [6, 6.07) is 6.10. The standard InChI is InChI=1S/C18H25N5O/c1-3-16(19-6-1)13-22-9-4-18(5-10-22)14-23(11-12-24-15-18)17-20-7-2-8-21-17/h1-3,6-8,19H,4-5,9-15H2. The molecule has 2 aliphatic rings. The maximum Gasteiger partial charge on any atom is 0.225 e. The summed E-state index contributed by atoms with van der Waals surface area (Å²) in [5.74, 6) is 0.830. The van der Waals surface area contributed by atoms with Gasteiger partial charge in [0.05, 0.1) is 13.2 Å². The van der Waals surface area contributed by atoms with Crippen LogP contribution in [0.1, 0.15) is 18.5 Å². The van der Waals surface area contributed by atoms with Gasteiger partial charge in [0.15, 0.2) is 0 Å². The normalized spacial score (nSPS) is 21.8. The molecule has 2 fully saturated rings. The first kappa shape index (κ1) is 15.6. The molecule has 4 heterocycles. The van der Waals surface area contributed by atoms with Crippen LogP contribution in [0.15, 0.2) is 36.8 Å². The van der Waals surface area contributed by atoms with Crippen LogP contribution in [0.3, 0.4) is 0 Å². The predicted octanol–water partition coefficient (Wildman–Crippen LogP) is 1.92. The zero-order valence-electron chi connectivity index (χ0n) is 14.0. The van der Waals surface area contributed by atoms with Crippen LogP contribution in [0, 0.1) is 5.41 Å². The van der Waals surface area contributed by atoms with Gasteiger partial charge in [-0.15, -0.1) is 0 Å². The fourth-order valence-electron chi connectivity index (χ4n) is 3.81. The fourth-order valence-corrected chi connectivity index (χ4v) is 3.81. The van der Waals surface area contributed by atoms with Crippen molar-refractivity contribution >= 4 is 5.95 Å². The number of H-pyrrole nitrogens is 1. The fraction of sp³-hybridized carbons (Fsp3) is 0.556. The molecule has 0 saturated carbocycles. The van der Waals surface area contributed by atoms with E-state index < -0.39 is 0 Å². The van der Waals surface area contributed by atoms with Crippen molar-refractivity contribution in [3.63, 3.8) is 0 Å². The summed E-state index contributed by atoms with van der Waals surface area (Å²) >= 11 is 0. The largest absolute Gasteiger partial charge is 0.379 e. The zero-order valence-corrected chi connectivity index (χ0v) is 14.0. The maximum absolute atomic E-state index is 5.96. The zero-order chi connectivity index (χ0) is 16.2. The van der Waals surface area contributed by atoms with E-state index in [1.54, 1.807) is 0 Å². The average Bonchev–Trinajstić information content (AvgIpc) is 3.05. The second-order valence-electron chi connectivity index (χ2n) is 6.99. The van der Waals surface area contributed by atoms with Crippen LogP contribution in [0.25, 0.3) is 0 Å². The Balaban J connectivity index is 1.41. The molecule has 6 heteroatoms. The van der Waals surface area contributed by atoms with Crippen molar-refractivity contribution in [2.75, 3.05) is 44.3 Å². The van der Waals surface area contributed by atoms with Gasteiger partial charge in [0.1, 0.15) is 0 Å². The number of aromatic amines is 1. The molecule has 2 aromatic heterocycles. The van der Waals surface area contributed by atoms with Crippen molar-refractivity contribution in [1.29, 1.82) is 0 Å². The minimum Gasteiger partial charge on any atom is -0.379 e. The number of rotatable bonds is 3. The van der Waals surface area contributed by atoms with E-state index in [-0.39, 0.29) is 5.41 Å². The minimum atomic E-state index is 0.224. The number of anilines is 1. The second kappa shape index (κ2) is 6.91. The van der Waals surface area contributed by atoms with Crippen molar-refractivity contribution in [3.8, 4) is 0 Å². The molecule has 0 amide bonds. The number of nitrogens with zero attached hydrogens (tertiary/aromatic N) is 4. The summed E-state index contributed by atoms with van der Waals surface area (Å²) in [6.45, 7) is 6.72. The quantitative estimate of drug-likeness (QED) is 0.933. The highest BCUT2D eigenvalue weighted by molar-refractivity contribution is 5.29. The summed E-state index contributed by atoms with van der Waals surface area (Å²) in [5, 5.41) is 0. The molecule has 1 N–H and O–H groups in total. The smallest absolute Gasteiger partial charge is 0.225 e. The summed E-state index contributed by atoms with van der Waals surface area (Å²) in [5.41, 5.74) is 1.52. The molecular weight excluding hydrogens is 302 g/mol. The number of hydrogen-bond acceptors (Lipinski definition) is 5. The van der Waals surface area contributed by atoms with E-state index in [4.69, 9.17) is 4.74 Å². The van der Waals surface area contributed by atoms with Gasteiger partial charge in [-0.25, -0.2) is 9.97 Å². The van der Waals surface area contributed by atoms with Gasteiger partial charge in [0.2, 0.25) is 5.95 Å². The number of piperidine rings is 1. The number of ether oxygens (including phenoxy) is 1. The van der Waals surface area contributed by atoms with E-state index in [1.165, 1.54) is 5.69 Å². The molecule has 6 nitrogen and oxygen atoms in total. The topological polar surface area (TPSA) is 57.3 Å². The van der Waals surface area contributed by atoms with Crippen LogP contribution in [0.4, 0.5) is 5.95 Å². The second-order valence-corrected chi connectivity index (χ2v) is 6.99. The Morgan fingerprint density at radius 2 is 1.96 bits per heavy atom. The van der Waals surface area contributed by atoms with Gasteiger partial charge in [-0.2, -0.15) is 0 Å². The number of likely N-dealkylation sites (tertiary alicyclic amines) is 1. The first-order valence-corrected chi connectivity index (χ1v) is 8.77. The highest BCUT2D eigenvalue weighted by Gasteiger charge is 2.38. The molecular formula is C18H25N5O. The van der Waals surface area contributed by atoms with Gasteiger partial charge in [0.25, 0.3) is 0 Å². The van der Waals surface area contributed by atoms with E-state index in [9.17, 15) is 0 Å². The number of aromatic nitrogens is 3. The lowest BCUT2D eigenvalue weighted by molar-refractivity contribution is 0.0198. The summed E-state index contributed by atoms with van der Waals surface area (Å²) in [6.07, 6.45) is 7.96. The third-order valence-corrected chi connectivity index (χ3v) is 5.25. The summed E-state index contributed by atoms with van der Waals surface area (Å²) < 4.78 is 5.96. The Hall–Kier alpha value is -1.92. The highest BCUT2D eigenvalue weighted by Crippen LogP contribution is 2.35. The Morgan fingerprint density at radius 3 is 2.71 bits per heavy atom. The molecule has 0 unspecified atom stereocenters. The van der Waals surface area contributed by atoms with Gasteiger partial charge in [0, 0.05) is 49.3 Å². The van der Waals surface area contributed by atoms with Crippen LogP contribution in [-0.2, 0) is 11.3 Å². The Morgan fingerprint density at radius 1 is 1.12 bits per heavy atom. The molecule has 4 rings (SSSR count). The van der Waals surface area contributed by atoms with E-state index >= 15 is 0 Å². The average molecular weight is 327 g/mol. The Labute approximate surface area is 142 Å². The first-order valence-electron chi connectivity index (χ1n) is 8.77. The number of hydrogen-bond donors (Lipinski definition) is 1. The molecule has 2 aliphatic heterocycles. The highest BCUT2D eigenvalue weighted by atomic mass is 16.5. The van der Waals surface area contributed by atoms with Crippen LogP contribution in [0.2, 0.25) is 0 Å². The summed E-state index contributed by atoms with van der Waals surface area (Å²) in [4.78, 5) is 17.0. The van der Waals surface area contributed by atoms with Crippen LogP contribution in [0.5, 0.6) is 0 Å². The molecule has 0 aromatic carbocycles. The minimum absolute atomic E-state index is 0.224. The van der Waals surface area contributed by atoms with Gasteiger partial charge in [-0.3, -0.25) is 4.90 Å². The molecule has 0 aliphatic carbocycles. The van der Waals surface area contributed by atoms with Crippen LogP contribution < -0.4 is 4.90 Å². The molecule has 0 radical (unpaired) electrons. The van der Waals surface area contributed by atoms with Crippen LogP contribution >= 0.6 is 0 Å². The van der Waals surface area contributed by atoms with E-state index in [1.807, 2.05) is 24.7 Å². The van der Waals surface area contributed by atoms with Crippen molar-refractivity contribution in [2.24, 2.45) is 5.41 Å². The molecule has 24 heavy (non-hydrogen) atoms. The lowest BCUT2D eigenvalue weighted by Crippen LogP contribution is -2.47. The lowest BCUT2D eigenvalue weighted by atomic mass is 9.78. The SMILES string of the molecule is c1cnc(N2CCOCC3(CCN(Cc4ccc[nH]4)CC3)C2)nc1. The molecule has 0 bridgehead atoms. The van der Waals surface area contributed by atoms with Gasteiger partial charge < -0.3 is 14.6 Å². The van der Waals surface area contributed by atoms with Crippen molar-refractivity contribution in [1.82, 2.24) is 19.9 Å². The van der Waals surface area contributed by atoms with Gasteiger partial charge in [-0.05, 0) is 44.1 Å².